The fraction of sp³-hybridized carbons (Fsp3) is 0.929. The first-order valence-electron chi connectivity index (χ1n) is 7.47. The Morgan fingerprint density at radius 3 is 2.83 bits per heavy atom. The van der Waals surface area contributed by atoms with Crippen LogP contribution in [0, 0.1) is 5.92 Å². The van der Waals surface area contributed by atoms with E-state index in [-0.39, 0.29) is 11.9 Å². The van der Waals surface area contributed by atoms with Crippen LogP contribution in [0.3, 0.4) is 0 Å². The Morgan fingerprint density at radius 2 is 2.11 bits per heavy atom. The summed E-state index contributed by atoms with van der Waals surface area (Å²) in [5, 5.41) is 6.10. The van der Waals surface area contributed by atoms with Crippen LogP contribution in [0.1, 0.15) is 38.5 Å². The summed E-state index contributed by atoms with van der Waals surface area (Å²) in [6, 6.07) is 0.0346. The van der Waals surface area contributed by atoms with Gasteiger partial charge < -0.3 is 10.6 Å². The van der Waals surface area contributed by atoms with Gasteiger partial charge in [0.1, 0.15) is 6.04 Å². The molecule has 0 aromatic heterocycles. The van der Waals surface area contributed by atoms with E-state index in [4.69, 9.17) is 0 Å². The number of carbonyl (C=O) groups is 1. The third-order valence-electron chi connectivity index (χ3n) is 4.45. The van der Waals surface area contributed by atoms with Gasteiger partial charge in [-0.3, -0.25) is 9.69 Å². The Bertz CT molecular complexity index is 264. The predicted octanol–water partition coefficient (Wildman–Crippen LogP) is 0.977. The third-order valence-corrected chi connectivity index (χ3v) is 4.45. The van der Waals surface area contributed by atoms with Crippen molar-refractivity contribution in [2.45, 2.75) is 44.6 Å². The van der Waals surface area contributed by atoms with Crippen LogP contribution in [0.4, 0.5) is 0 Å². The molecule has 4 heteroatoms. The van der Waals surface area contributed by atoms with E-state index >= 15 is 0 Å². The van der Waals surface area contributed by atoms with Crippen LogP contribution >= 0.6 is 0 Å². The molecular formula is C14H27N3O. The van der Waals surface area contributed by atoms with Crippen LogP contribution in [-0.2, 0) is 4.79 Å². The minimum absolute atomic E-state index is 0.0346. The molecule has 1 saturated heterocycles. The van der Waals surface area contributed by atoms with Gasteiger partial charge in [-0.25, -0.2) is 0 Å². The van der Waals surface area contributed by atoms with Gasteiger partial charge in [0.2, 0.25) is 5.91 Å². The summed E-state index contributed by atoms with van der Waals surface area (Å²) in [6.45, 7) is 3.90. The van der Waals surface area contributed by atoms with Crippen molar-refractivity contribution in [2.24, 2.45) is 5.92 Å². The van der Waals surface area contributed by atoms with E-state index in [1.807, 2.05) is 0 Å². The molecular weight excluding hydrogens is 226 g/mol. The maximum absolute atomic E-state index is 11.8. The quantitative estimate of drug-likeness (QED) is 0.785. The number of amides is 1. The van der Waals surface area contributed by atoms with Crippen LogP contribution in [0.15, 0.2) is 0 Å². The number of nitrogens with one attached hydrogen (secondary N) is 2. The third kappa shape index (κ3) is 3.69. The van der Waals surface area contributed by atoms with Gasteiger partial charge in [-0.2, -0.15) is 0 Å². The summed E-state index contributed by atoms with van der Waals surface area (Å²) in [5.41, 5.74) is 0. The monoisotopic (exact) mass is 253 g/mol. The van der Waals surface area contributed by atoms with Crippen LogP contribution in [0.2, 0.25) is 0 Å². The van der Waals surface area contributed by atoms with Crippen LogP contribution in [-0.4, -0.2) is 50.1 Å². The number of piperazine rings is 1. The second kappa shape index (κ2) is 7.10. The predicted molar refractivity (Wildman–Crippen MR) is 73.5 cm³/mol. The van der Waals surface area contributed by atoms with Gasteiger partial charge in [0.25, 0.3) is 0 Å². The molecule has 0 spiro atoms. The molecule has 1 amide bonds. The lowest BCUT2D eigenvalue weighted by Crippen LogP contribution is -2.57. The smallest absolute Gasteiger partial charge is 0.238 e. The molecule has 0 aromatic carbocycles. The van der Waals surface area contributed by atoms with Crippen molar-refractivity contribution in [3.8, 4) is 0 Å². The summed E-state index contributed by atoms with van der Waals surface area (Å²) in [7, 11) is 1.73. The zero-order valence-corrected chi connectivity index (χ0v) is 11.6. The highest BCUT2D eigenvalue weighted by Crippen LogP contribution is 2.26. The highest BCUT2D eigenvalue weighted by atomic mass is 16.2. The van der Waals surface area contributed by atoms with Gasteiger partial charge >= 0.3 is 0 Å². The molecule has 1 aliphatic carbocycles. The largest absolute Gasteiger partial charge is 0.358 e. The van der Waals surface area contributed by atoms with Gasteiger partial charge in [-0.05, 0) is 18.9 Å². The molecule has 2 fully saturated rings. The fourth-order valence-electron chi connectivity index (χ4n) is 3.26. The normalized spacial score (nSPS) is 27.1. The maximum atomic E-state index is 11.8. The van der Waals surface area contributed by atoms with Crippen LogP contribution in [0.5, 0.6) is 0 Å². The first-order chi connectivity index (χ1) is 8.81. The average molecular weight is 253 g/mol. The summed E-state index contributed by atoms with van der Waals surface area (Å²) >= 11 is 0. The summed E-state index contributed by atoms with van der Waals surface area (Å²) < 4.78 is 0. The van der Waals surface area contributed by atoms with Gasteiger partial charge in [-0.15, -0.1) is 0 Å². The van der Waals surface area contributed by atoms with Gasteiger partial charge in [0.05, 0.1) is 0 Å². The molecule has 1 atom stereocenters. The number of carbonyl (C=O) groups excluding carboxylic acids is 1. The highest BCUT2D eigenvalue weighted by molar-refractivity contribution is 5.81. The lowest BCUT2D eigenvalue weighted by molar-refractivity contribution is -0.126. The molecule has 1 unspecified atom stereocenters. The number of rotatable bonds is 4. The van der Waals surface area contributed by atoms with E-state index in [0.29, 0.717) is 0 Å². The molecule has 2 aliphatic rings. The molecule has 2 N–H and O–H groups in total. The second-order valence-corrected chi connectivity index (χ2v) is 5.66. The van der Waals surface area contributed by atoms with Crippen molar-refractivity contribution >= 4 is 5.91 Å². The second-order valence-electron chi connectivity index (χ2n) is 5.66. The van der Waals surface area contributed by atoms with Crippen molar-refractivity contribution in [1.29, 1.82) is 0 Å². The van der Waals surface area contributed by atoms with Crippen molar-refractivity contribution in [2.75, 3.05) is 33.2 Å². The lowest BCUT2D eigenvalue weighted by atomic mass is 9.87. The maximum Gasteiger partial charge on any atom is 0.238 e. The van der Waals surface area contributed by atoms with Gasteiger partial charge in [0.15, 0.2) is 0 Å². The average Bonchev–Trinajstić information content (AvgIpc) is 2.45. The first kappa shape index (κ1) is 13.8. The van der Waals surface area contributed by atoms with E-state index in [0.717, 1.165) is 32.1 Å². The van der Waals surface area contributed by atoms with Gasteiger partial charge in [0, 0.05) is 26.7 Å². The fourth-order valence-corrected chi connectivity index (χ4v) is 3.26. The minimum atomic E-state index is 0.0346. The molecule has 0 radical (unpaired) electrons. The molecule has 4 nitrogen and oxygen atoms in total. The Labute approximate surface area is 110 Å². The summed E-state index contributed by atoms with van der Waals surface area (Å²) in [5.74, 6) is 1.06. The molecule has 1 heterocycles. The van der Waals surface area contributed by atoms with E-state index in [2.05, 4.69) is 15.5 Å². The number of hydrogen-bond donors (Lipinski definition) is 2. The summed E-state index contributed by atoms with van der Waals surface area (Å²) in [4.78, 5) is 14.2. The number of likely N-dealkylation sites (N-methyl/N-ethyl adjacent to an activating group) is 1. The Morgan fingerprint density at radius 1 is 1.33 bits per heavy atom. The zero-order valence-electron chi connectivity index (χ0n) is 11.6. The van der Waals surface area contributed by atoms with Gasteiger partial charge in [-0.1, -0.05) is 32.1 Å². The van der Waals surface area contributed by atoms with Crippen molar-refractivity contribution in [1.82, 2.24) is 15.5 Å². The first-order valence-corrected chi connectivity index (χ1v) is 7.47. The topological polar surface area (TPSA) is 44.4 Å². The lowest BCUT2D eigenvalue weighted by Gasteiger charge is -2.36. The van der Waals surface area contributed by atoms with E-state index in [1.54, 1.807) is 7.05 Å². The standard InChI is InChI=1S/C14H27N3O/c1-15-14(18)13-11-16-8-10-17(13)9-7-12-5-3-2-4-6-12/h12-13,16H,2-11H2,1H3,(H,15,18). The van der Waals surface area contributed by atoms with Crippen LogP contribution in [0.25, 0.3) is 0 Å². The molecule has 104 valence electrons. The van der Waals surface area contributed by atoms with Crippen molar-refractivity contribution in [3.63, 3.8) is 0 Å². The Hall–Kier alpha value is -0.610. The number of nitrogens with zero attached hydrogens (tertiary/aromatic N) is 1. The molecule has 18 heavy (non-hydrogen) atoms. The molecule has 0 aromatic rings. The Balaban J connectivity index is 1.79. The van der Waals surface area contributed by atoms with E-state index in [1.165, 1.54) is 38.5 Å². The van der Waals surface area contributed by atoms with Crippen LogP contribution < -0.4 is 10.6 Å². The van der Waals surface area contributed by atoms with E-state index in [9.17, 15) is 4.79 Å². The summed E-state index contributed by atoms with van der Waals surface area (Å²) in [6.07, 6.45) is 8.31. The molecule has 1 aliphatic heterocycles. The molecule has 2 rings (SSSR count). The van der Waals surface area contributed by atoms with E-state index < -0.39 is 0 Å². The zero-order chi connectivity index (χ0) is 12.8. The highest BCUT2D eigenvalue weighted by Gasteiger charge is 2.28. The Kier molecular flexibility index (Phi) is 5.45. The minimum Gasteiger partial charge on any atom is -0.358 e. The number of hydrogen-bond acceptors (Lipinski definition) is 3. The van der Waals surface area contributed by atoms with Crippen molar-refractivity contribution < 1.29 is 4.79 Å². The SMILES string of the molecule is CNC(=O)C1CNCCN1CCC1CCCCC1. The molecule has 0 bridgehead atoms. The molecule has 1 saturated carbocycles. The van der Waals surface area contributed by atoms with Crippen molar-refractivity contribution in [3.05, 3.63) is 0 Å².